The molecule has 0 bridgehead atoms. The maximum atomic E-state index is 9.62. The van der Waals surface area contributed by atoms with Crippen LogP contribution in [0.1, 0.15) is 5.56 Å². The SMILES string of the molecule is OCc1cc(-c2cccc3cccnc23)ccc1O. The van der Waals surface area contributed by atoms with Gasteiger partial charge in [0.25, 0.3) is 0 Å². The molecule has 0 aliphatic carbocycles. The summed E-state index contributed by atoms with van der Waals surface area (Å²) in [5, 5.41) is 19.9. The number of aliphatic hydroxyl groups is 1. The van der Waals surface area contributed by atoms with Crippen LogP contribution in [0.25, 0.3) is 22.0 Å². The number of hydrogen-bond donors (Lipinski definition) is 2. The smallest absolute Gasteiger partial charge is 0.121 e. The molecule has 0 radical (unpaired) electrons. The van der Waals surface area contributed by atoms with Crippen LogP contribution in [0.5, 0.6) is 5.75 Å². The predicted molar refractivity (Wildman–Crippen MR) is 74.8 cm³/mol. The van der Waals surface area contributed by atoms with Crippen LogP contribution in [-0.2, 0) is 6.61 Å². The molecule has 0 fully saturated rings. The molecule has 1 aromatic heterocycles. The summed E-state index contributed by atoms with van der Waals surface area (Å²) in [7, 11) is 0. The highest BCUT2D eigenvalue weighted by molar-refractivity contribution is 5.93. The van der Waals surface area contributed by atoms with E-state index >= 15 is 0 Å². The lowest BCUT2D eigenvalue weighted by Gasteiger charge is -2.08. The second-order valence-corrected chi connectivity index (χ2v) is 4.38. The van der Waals surface area contributed by atoms with Crippen molar-refractivity contribution in [1.82, 2.24) is 4.98 Å². The molecule has 0 aliphatic heterocycles. The third-order valence-corrected chi connectivity index (χ3v) is 3.19. The number of para-hydroxylation sites is 1. The fourth-order valence-electron chi connectivity index (χ4n) is 2.22. The van der Waals surface area contributed by atoms with Crippen LogP contribution in [0, 0.1) is 0 Å². The van der Waals surface area contributed by atoms with Crippen LogP contribution in [0.2, 0.25) is 0 Å². The minimum Gasteiger partial charge on any atom is -0.508 e. The van der Waals surface area contributed by atoms with Gasteiger partial charge >= 0.3 is 0 Å². The molecule has 19 heavy (non-hydrogen) atoms. The Morgan fingerprint density at radius 1 is 1.00 bits per heavy atom. The first-order valence-corrected chi connectivity index (χ1v) is 6.06. The van der Waals surface area contributed by atoms with Gasteiger partial charge in [0.2, 0.25) is 0 Å². The summed E-state index contributed by atoms with van der Waals surface area (Å²) in [5.41, 5.74) is 3.36. The van der Waals surface area contributed by atoms with Gasteiger partial charge in [-0.1, -0.05) is 30.3 Å². The number of hydrogen-bond acceptors (Lipinski definition) is 3. The topological polar surface area (TPSA) is 53.4 Å². The lowest BCUT2D eigenvalue weighted by atomic mass is 10.00. The molecule has 0 atom stereocenters. The van der Waals surface area contributed by atoms with Crippen molar-refractivity contribution < 1.29 is 10.2 Å². The van der Waals surface area contributed by atoms with Crippen molar-refractivity contribution in [3.05, 3.63) is 60.3 Å². The second-order valence-electron chi connectivity index (χ2n) is 4.38. The van der Waals surface area contributed by atoms with Gasteiger partial charge in [-0.2, -0.15) is 0 Å². The molecule has 0 spiro atoms. The quantitative estimate of drug-likeness (QED) is 0.735. The molecule has 0 aliphatic rings. The standard InChI is InChI=1S/C16H13NO2/c18-10-13-9-12(6-7-15(13)19)14-5-1-3-11-4-2-8-17-16(11)14/h1-9,18-19H,10H2. The number of fused-ring (bicyclic) bond motifs is 1. The maximum Gasteiger partial charge on any atom is 0.121 e. The van der Waals surface area contributed by atoms with Gasteiger partial charge in [-0.05, 0) is 23.8 Å². The van der Waals surface area contributed by atoms with Crippen molar-refractivity contribution in [3.8, 4) is 16.9 Å². The van der Waals surface area contributed by atoms with Gasteiger partial charge in [0.1, 0.15) is 5.75 Å². The summed E-state index contributed by atoms with van der Waals surface area (Å²) >= 11 is 0. The summed E-state index contributed by atoms with van der Waals surface area (Å²) in [6, 6.07) is 15.1. The van der Waals surface area contributed by atoms with Gasteiger partial charge in [-0.3, -0.25) is 4.98 Å². The highest BCUT2D eigenvalue weighted by Crippen LogP contribution is 2.30. The summed E-state index contributed by atoms with van der Waals surface area (Å²) in [6.45, 7) is -0.183. The van der Waals surface area contributed by atoms with Crippen molar-refractivity contribution >= 4 is 10.9 Å². The lowest BCUT2D eigenvalue weighted by Crippen LogP contribution is -1.88. The zero-order chi connectivity index (χ0) is 13.2. The fourth-order valence-corrected chi connectivity index (χ4v) is 2.22. The molecule has 2 aromatic carbocycles. The first-order valence-electron chi connectivity index (χ1n) is 6.06. The summed E-state index contributed by atoms with van der Waals surface area (Å²) in [4.78, 5) is 4.41. The molecule has 3 rings (SSSR count). The number of rotatable bonds is 2. The van der Waals surface area contributed by atoms with Crippen LogP contribution in [0.15, 0.2) is 54.7 Å². The molecular formula is C16H13NO2. The van der Waals surface area contributed by atoms with E-state index < -0.39 is 0 Å². The van der Waals surface area contributed by atoms with Crippen molar-refractivity contribution in [3.63, 3.8) is 0 Å². The number of phenols is 1. The Morgan fingerprint density at radius 3 is 2.68 bits per heavy atom. The Morgan fingerprint density at radius 2 is 1.84 bits per heavy atom. The second kappa shape index (κ2) is 4.71. The van der Waals surface area contributed by atoms with E-state index in [9.17, 15) is 10.2 Å². The average molecular weight is 251 g/mol. The third kappa shape index (κ3) is 2.04. The van der Waals surface area contributed by atoms with Gasteiger partial charge in [0.15, 0.2) is 0 Å². The van der Waals surface area contributed by atoms with E-state index in [-0.39, 0.29) is 12.4 Å². The molecule has 3 heteroatoms. The maximum absolute atomic E-state index is 9.62. The van der Waals surface area contributed by atoms with Gasteiger partial charge in [-0.25, -0.2) is 0 Å². The average Bonchev–Trinajstić information content (AvgIpc) is 2.47. The number of aromatic hydroxyl groups is 1. The highest BCUT2D eigenvalue weighted by Gasteiger charge is 2.07. The molecule has 94 valence electrons. The Hall–Kier alpha value is -2.39. The van der Waals surface area contributed by atoms with Crippen LogP contribution < -0.4 is 0 Å². The van der Waals surface area contributed by atoms with E-state index in [2.05, 4.69) is 4.98 Å². The Kier molecular flexibility index (Phi) is 2.89. The van der Waals surface area contributed by atoms with Gasteiger partial charge in [0.05, 0.1) is 12.1 Å². The summed E-state index contributed by atoms with van der Waals surface area (Å²) in [6.07, 6.45) is 1.76. The van der Waals surface area contributed by atoms with Gasteiger partial charge in [0, 0.05) is 22.7 Å². The molecule has 3 aromatic rings. The minimum absolute atomic E-state index is 0.111. The van der Waals surface area contributed by atoms with E-state index in [4.69, 9.17) is 0 Å². The van der Waals surface area contributed by atoms with E-state index in [1.807, 2.05) is 36.4 Å². The van der Waals surface area contributed by atoms with Crippen LogP contribution >= 0.6 is 0 Å². The number of aliphatic hydroxyl groups excluding tert-OH is 1. The largest absolute Gasteiger partial charge is 0.508 e. The van der Waals surface area contributed by atoms with Crippen molar-refractivity contribution in [2.45, 2.75) is 6.61 Å². The zero-order valence-corrected chi connectivity index (χ0v) is 10.2. The molecule has 0 unspecified atom stereocenters. The number of aromatic nitrogens is 1. The van der Waals surface area contributed by atoms with Gasteiger partial charge < -0.3 is 10.2 Å². The Bertz CT molecular complexity index is 732. The molecule has 0 saturated carbocycles. The Labute approximate surface area is 110 Å². The summed E-state index contributed by atoms with van der Waals surface area (Å²) in [5.74, 6) is 0.111. The molecule has 1 heterocycles. The monoisotopic (exact) mass is 251 g/mol. The normalized spacial score (nSPS) is 10.8. The number of nitrogens with zero attached hydrogens (tertiary/aromatic N) is 1. The molecule has 0 amide bonds. The van der Waals surface area contributed by atoms with E-state index in [1.165, 1.54) is 0 Å². The molecule has 0 saturated heterocycles. The van der Waals surface area contributed by atoms with Crippen LogP contribution in [0.4, 0.5) is 0 Å². The fraction of sp³-hybridized carbons (Fsp3) is 0.0625. The van der Waals surface area contributed by atoms with Crippen molar-refractivity contribution in [1.29, 1.82) is 0 Å². The minimum atomic E-state index is -0.183. The van der Waals surface area contributed by atoms with Crippen LogP contribution in [-0.4, -0.2) is 15.2 Å². The highest BCUT2D eigenvalue weighted by atomic mass is 16.3. The lowest BCUT2D eigenvalue weighted by molar-refractivity contribution is 0.275. The first kappa shape index (κ1) is 11.7. The van der Waals surface area contributed by atoms with Crippen molar-refractivity contribution in [2.75, 3.05) is 0 Å². The number of benzene rings is 2. The predicted octanol–water partition coefficient (Wildman–Crippen LogP) is 3.10. The molecule has 2 N–H and O–H groups in total. The van der Waals surface area contributed by atoms with E-state index in [1.54, 1.807) is 18.3 Å². The third-order valence-electron chi connectivity index (χ3n) is 3.19. The van der Waals surface area contributed by atoms with Crippen molar-refractivity contribution in [2.24, 2.45) is 0 Å². The molecule has 3 nitrogen and oxygen atoms in total. The Balaban J connectivity index is 2.24. The number of pyridine rings is 1. The molecular weight excluding hydrogens is 238 g/mol. The van der Waals surface area contributed by atoms with E-state index in [0.717, 1.165) is 22.0 Å². The van der Waals surface area contributed by atoms with Crippen LogP contribution in [0.3, 0.4) is 0 Å². The first-order chi connectivity index (χ1) is 9.29. The van der Waals surface area contributed by atoms with E-state index in [0.29, 0.717) is 5.56 Å². The zero-order valence-electron chi connectivity index (χ0n) is 10.2. The van der Waals surface area contributed by atoms with Gasteiger partial charge in [-0.15, -0.1) is 0 Å². The summed E-state index contributed by atoms with van der Waals surface area (Å²) < 4.78 is 0.